The molecule has 4 nitrogen and oxygen atoms in total. The molecule has 0 aliphatic carbocycles. The van der Waals surface area contributed by atoms with Crippen molar-refractivity contribution < 1.29 is 4.79 Å². The van der Waals surface area contributed by atoms with E-state index in [0.717, 1.165) is 23.1 Å². The van der Waals surface area contributed by atoms with Gasteiger partial charge in [-0.2, -0.15) is 0 Å². The molecule has 4 heteroatoms. The van der Waals surface area contributed by atoms with Gasteiger partial charge in [-0.15, -0.1) is 0 Å². The summed E-state index contributed by atoms with van der Waals surface area (Å²) < 4.78 is 0. The zero-order chi connectivity index (χ0) is 14.6. The number of carbonyl (C=O) groups is 1. The fraction of sp³-hybridized carbons (Fsp3) is 0.533. The van der Waals surface area contributed by atoms with Crippen molar-refractivity contribution in [2.24, 2.45) is 5.73 Å². The Morgan fingerprint density at radius 3 is 2.21 bits per heavy atom. The van der Waals surface area contributed by atoms with Crippen LogP contribution < -0.4 is 11.1 Å². The summed E-state index contributed by atoms with van der Waals surface area (Å²) in [5.41, 5.74) is 10.1. The van der Waals surface area contributed by atoms with Gasteiger partial charge in [-0.05, 0) is 63.2 Å². The highest BCUT2D eigenvalue weighted by atomic mass is 16.1. The molecule has 0 fully saturated rings. The second-order valence-corrected chi connectivity index (χ2v) is 5.22. The molecule has 1 unspecified atom stereocenters. The maximum absolute atomic E-state index is 11.7. The van der Waals surface area contributed by atoms with Gasteiger partial charge in [0, 0.05) is 25.2 Å². The maximum Gasteiger partial charge on any atom is 0.251 e. The van der Waals surface area contributed by atoms with Gasteiger partial charge in [-0.3, -0.25) is 4.79 Å². The molecule has 1 rings (SSSR count). The number of hydrogen-bond acceptors (Lipinski definition) is 3. The molecule has 106 valence electrons. The van der Waals surface area contributed by atoms with Gasteiger partial charge in [0.15, 0.2) is 0 Å². The lowest BCUT2D eigenvalue weighted by molar-refractivity contribution is 0.0963. The van der Waals surface area contributed by atoms with Crippen molar-refractivity contribution in [3.63, 3.8) is 0 Å². The van der Waals surface area contributed by atoms with Gasteiger partial charge in [0.05, 0.1) is 0 Å². The first-order valence-corrected chi connectivity index (χ1v) is 6.59. The highest BCUT2D eigenvalue weighted by Crippen LogP contribution is 2.19. The summed E-state index contributed by atoms with van der Waals surface area (Å²) in [5, 5.41) is 2.66. The number of benzene rings is 1. The van der Waals surface area contributed by atoms with Crippen LogP contribution in [0.1, 0.15) is 27.0 Å². The minimum Gasteiger partial charge on any atom is -0.355 e. The molecule has 3 N–H and O–H groups in total. The van der Waals surface area contributed by atoms with Crippen molar-refractivity contribution in [1.29, 1.82) is 0 Å². The van der Waals surface area contributed by atoms with Gasteiger partial charge in [0.2, 0.25) is 0 Å². The second-order valence-electron chi connectivity index (χ2n) is 5.22. The van der Waals surface area contributed by atoms with E-state index in [9.17, 15) is 4.79 Å². The van der Waals surface area contributed by atoms with Crippen LogP contribution in [0.2, 0.25) is 0 Å². The fourth-order valence-electron chi connectivity index (χ4n) is 2.30. The topological polar surface area (TPSA) is 58.4 Å². The summed E-state index contributed by atoms with van der Waals surface area (Å²) in [6, 6.07) is 4.22. The predicted octanol–water partition coefficient (Wildman–Crippen LogP) is 1.09. The molecule has 0 bridgehead atoms. The van der Waals surface area contributed by atoms with Gasteiger partial charge < -0.3 is 16.0 Å². The minimum atomic E-state index is -0.0410. The van der Waals surface area contributed by atoms with Crippen LogP contribution in [0.4, 0.5) is 0 Å². The monoisotopic (exact) mass is 263 g/mol. The summed E-state index contributed by atoms with van der Waals surface area (Å²) >= 11 is 0. The molecule has 0 saturated carbocycles. The summed E-state index contributed by atoms with van der Waals surface area (Å²) in [6.45, 7) is 4.74. The van der Waals surface area contributed by atoms with Crippen LogP contribution in [0.25, 0.3) is 0 Å². The molecule has 0 saturated heterocycles. The molecular weight excluding hydrogens is 238 g/mol. The SMILES string of the molecule is CNC(=O)c1cc(C)c(CC(CN)N(C)C)c(C)c1. The van der Waals surface area contributed by atoms with Crippen LogP contribution in [0.3, 0.4) is 0 Å². The lowest BCUT2D eigenvalue weighted by atomic mass is 9.93. The Morgan fingerprint density at radius 2 is 1.84 bits per heavy atom. The summed E-state index contributed by atoms with van der Waals surface area (Å²) in [6.07, 6.45) is 0.912. The Balaban J connectivity index is 3.06. The van der Waals surface area contributed by atoms with Crippen LogP contribution in [0.15, 0.2) is 12.1 Å². The molecule has 1 amide bonds. The van der Waals surface area contributed by atoms with E-state index >= 15 is 0 Å². The summed E-state index contributed by atoms with van der Waals surface area (Å²) in [4.78, 5) is 13.8. The maximum atomic E-state index is 11.7. The number of nitrogens with two attached hydrogens (primary N) is 1. The molecule has 1 aromatic rings. The molecule has 0 aromatic heterocycles. The Hall–Kier alpha value is -1.39. The van der Waals surface area contributed by atoms with Crippen molar-refractivity contribution in [3.8, 4) is 0 Å². The van der Waals surface area contributed by atoms with Gasteiger partial charge in [-0.1, -0.05) is 0 Å². The van der Waals surface area contributed by atoms with Crippen LogP contribution in [-0.2, 0) is 6.42 Å². The molecule has 0 aliphatic heterocycles. The van der Waals surface area contributed by atoms with E-state index in [1.54, 1.807) is 7.05 Å². The first-order valence-electron chi connectivity index (χ1n) is 6.59. The third-order valence-corrected chi connectivity index (χ3v) is 3.63. The highest BCUT2D eigenvalue weighted by molar-refractivity contribution is 5.94. The number of amides is 1. The average molecular weight is 263 g/mol. The number of likely N-dealkylation sites (N-methyl/N-ethyl adjacent to an activating group) is 1. The zero-order valence-electron chi connectivity index (χ0n) is 12.6. The normalized spacial score (nSPS) is 12.6. The van der Waals surface area contributed by atoms with Crippen molar-refractivity contribution in [1.82, 2.24) is 10.2 Å². The third-order valence-electron chi connectivity index (χ3n) is 3.63. The standard InChI is InChI=1S/C15H25N3O/c1-10-6-12(15(19)17-3)7-11(2)14(10)8-13(9-16)18(4)5/h6-7,13H,8-9,16H2,1-5H3,(H,17,19). The first-order chi connectivity index (χ1) is 8.90. The van der Waals surface area contributed by atoms with Crippen LogP contribution >= 0.6 is 0 Å². The minimum absolute atomic E-state index is 0.0410. The Labute approximate surface area is 116 Å². The first kappa shape index (κ1) is 15.7. The van der Waals surface area contributed by atoms with Crippen LogP contribution in [0.5, 0.6) is 0 Å². The van der Waals surface area contributed by atoms with Crippen molar-refractivity contribution in [2.75, 3.05) is 27.7 Å². The molecule has 0 aliphatic rings. The highest BCUT2D eigenvalue weighted by Gasteiger charge is 2.15. The van der Waals surface area contributed by atoms with E-state index in [4.69, 9.17) is 5.73 Å². The third kappa shape index (κ3) is 3.78. The van der Waals surface area contributed by atoms with Gasteiger partial charge >= 0.3 is 0 Å². The lowest BCUT2D eigenvalue weighted by Gasteiger charge is -2.24. The van der Waals surface area contributed by atoms with E-state index in [1.165, 1.54) is 5.56 Å². The number of nitrogens with one attached hydrogen (secondary N) is 1. The second kappa shape index (κ2) is 6.68. The number of aryl methyl sites for hydroxylation is 2. The number of nitrogens with zero attached hydrogens (tertiary/aromatic N) is 1. The number of carbonyl (C=O) groups excluding carboxylic acids is 1. The zero-order valence-corrected chi connectivity index (χ0v) is 12.6. The largest absolute Gasteiger partial charge is 0.355 e. The van der Waals surface area contributed by atoms with E-state index in [2.05, 4.69) is 24.1 Å². The Morgan fingerprint density at radius 1 is 1.32 bits per heavy atom. The van der Waals surface area contributed by atoms with Gasteiger partial charge in [0.1, 0.15) is 0 Å². The smallest absolute Gasteiger partial charge is 0.251 e. The van der Waals surface area contributed by atoms with Crippen molar-refractivity contribution >= 4 is 5.91 Å². The predicted molar refractivity (Wildman–Crippen MR) is 79.5 cm³/mol. The summed E-state index contributed by atoms with van der Waals surface area (Å²) in [5.74, 6) is -0.0410. The van der Waals surface area contributed by atoms with Crippen molar-refractivity contribution in [3.05, 3.63) is 34.4 Å². The molecule has 0 radical (unpaired) electrons. The molecule has 19 heavy (non-hydrogen) atoms. The van der Waals surface area contributed by atoms with E-state index in [1.807, 2.05) is 26.2 Å². The molecule has 0 heterocycles. The molecule has 1 aromatic carbocycles. The van der Waals surface area contributed by atoms with E-state index in [0.29, 0.717) is 12.6 Å². The summed E-state index contributed by atoms with van der Waals surface area (Å²) in [7, 11) is 5.74. The molecule has 0 spiro atoms. The molecule has 1 atom stereocenters. The van der Waals surface area contributed by atoms with Gasteiger partial charge in [0.25, 0.3) is 5.91 Å². The fourth-order valence-corrected chi connectivity index (χ4v) is 2.30. The van der Waals surface area contributed by atoms with Crippen LogP contribution in [0, 0.1) is 13.8 Å². The Bertz CT molecular complexity index is 432. The average Bonchev–Trinajstić information content (AvgIpc) is 2.36. The number of hydrogen-bond donors (Lipinski definition) is 2. The number of rotatable bonds is 5. The van der Waals surface area contributed by atoms with E-state index < -0.39 is 0 Å². The van der Waals surface area contributed by atoms with Crippen molar-refractivity contribution in [2.45, 2.75) is 26.3 Å². The Kier molecular flexibility index (Phi) is 5.51. The quantitative estimate of drug-likeness (QED) is 0.836. The van der Waals surface area contributed by atoms with Gasteiger partial charge in [-0.25, -0.2) is 0 Å². The van der Waals surface area contributed by atoms with Crippen LogP contribution in [-0.4, -0.2) is 44.5 Å². The molecular formula is C15H25N3O. The van der Waals surface area contributed by atoms with E-state index in [-0.39, 0.29) is 5.91 Å². The lowest BCUT2D eigenvalue weighted by Crippen LogP contribution is -2.37.